The van der Waals surface area contributed by atoms with Crippen LogP contribution in [-0.4, -0.2) is 25.5 Å². The molecule has 0 fully saturated rings. The van der Waals surface area contributed by atoms with Crippen LogP contribution in [0.5, 0.6) is 0 Å². The molecule has 0 N–H and O–H groups in total. The van der Waals surface area contributed by atoms with Crippen LogP contribution in [0.2, 0.25) is 0 Å². The highest BCUT2D eigenvalue weighted by Gasteiger charge is 2.38. The van der Waals surface area contributed by atoms with Crippen molar-refractivity contribution in [1.82, 2.24) is 4.90 Å². The van der Waals surface area contributed by atoms with E-state index in [1.165, 1.54) is 47.9 Å². The van der Waals surface area contributed by atoms with E-state index in [1.807, 2.05) is 0 Å². The van der Waals surface area contributed by atoms with Crippen molar-refractivity contribution in [3.8, 4) is 11.1 Å². The number of likely N-dealkylation sites (N-methyl/N-ethyl adjacent to an activating group) is 1. The van der Waals surface area contributed by atoms with Crippen molar-refractivity contribution in [2.45, 2.75) is 43.9 Å². The molecule has 1 nitrogen and oxygen atoms in total. The summed E-state index contributed by atoms with van der Waals surface area (Å²) < 4.78 is 0. The molecule has 0 heterocycles. The fourth-order valence-electron chi connectivity index (χ4n) is 5.65. The number of nitrogens with zero attached hydrogens (tertiary/aromatic N) is 1. The summed E-state index contributed by atoms with van der Waals surface area (Å²) in [7, 11) is 4.40. The first kappa shape index (κ1) is 17.0. The Labute approximate surface area is 163 Å². The van der Waals surface area contributed by atoms with Gasteiger partial charge in [-0.25, -0.2) is 0 Å². The Morgan fingerprint density at radius 3 is 2.59 bits per heavy atom. The summed E-state index contributed by atoms with van der Waals surface area (Å²) in [5, 5.41) is 0. The van der Waals surface area contributed by atoms with Gasteiger partial charge in [0.15, 0.2) is 0 Å². The Kier molecular flexibility index (Phi) is 3.91. The summed E-state index contributed by atoms with van der Waals surface area (Å²) >= 11 is 0. The first-order valence-electron chi connectivity index (χ1n) is 10.4. The molecule has 0 aromatic heterocycles. The summed E-state index contributed by atoms with van der Waals surface area (Å²) in [6, 6.07) is 14.0. The Hall–Kier alpha value is -2.12. The number of allylic oxidation sites excluding steroid dienone is 4. The second-order valence-electron chi connectivity index (χ2n) is 9.04. The molecule has 2 unspecified atom stereocenters. The van der Waals surface area contributed by atoms with Crippen molar-refractivity contribution in [1.29, 1.82) is 0 Å². The van der Waals surface area contributed by atoms with Crippen molar-refractivity contribution in [2.24, 2.45) is 0 Å². The number of benzene rings is 2. The van der Waals surface area contributed by atoms with E-state index in [4.69, 9.17) is 0 Å². The van der Waals surface area contributed by atoms with Gasteiger partial charge < -0.3 is 4.90 Å². The Bertz CT molecular complexity index is 962. The molecule has 2 aromatic rings. The second kappa shape index (κ2) is 6.21. The van der Waals surface area contributed by atoms with Gasteiger partial charge in [-0.3, -0.25) is 0 Å². The smallest absolute Gasteiger partial charge is 0.0177 e. The fraction of sp³-hybridized carbons (Fsp3) is 0.385. The summed E-state index contributed by atoms with van der Waals surface area (Å²) in [6.07, 6.45) is 11.8. The van der Waals surface area contributed by atoms with Crippen molar-refractivity contribution in [2.75, 3.05) is 20.6 Å². The van der Waals surface area contributed by atoms with E-state index < -0.39 is 0 Å². The molecule has 1 heteroatoms. The van der Waals surface area contributed by atoms with Crippen LogP contribution in [0.15, 0.2) is 60.2 Å². The van der Waals surface area contributed by atoms with E-state index in [0.29, 0.717) is 5.92 Å². The highest BCUT2D eigenvalue weighted by molar-refractivity contribution is 5.77. The molecule has 3 aliphatic rings. The standard InChI is InChI=1S/C26H29N/c1-26(19-8-6-9-19)15-7-12-23-24-16-18(17-27(2)3)20-10-4-5-11-21(20)22(24)13-14-25(23)26/h4-6,8-11,13-14,18H,7,12,15-17H2,1-3H3. The SMILES string of the molecule is CN(C)CC1Cc2c(ccc3c2CCCC3(C)C2=CC=C2)-c2ccccc21. The lowest BCUT2D eigenvalue weighted by Gasteiger charge is -2.41. The minimum atomic E-state index is 0.200. The quantitative estimate of drug-likeness (QED) is 0.688. The molecule has 5 rings (SSSR count). The van der Waals surface area contributed by atoms with Crippen LogP contribution < -0.4 is 0 Å². The average molecular weight is 356 g/mol. The van der Waals surface area contributed by atoms with Gasteiger partial charge in [-0.15, -0.1) is 0 Å². The van der Waals surface area contributed by atoms with Crippen LogP contribution in [0.4, 0.5) is 0 Å². The summed E-state index contributed by atoms with van der Waals surface area (Å²) in [6.45, 7) is 3.58. The maximum atomic E-state index is 2.46. The van der Waals surface area contributed by atoms with Crippen LogP contribution >= 0.6 is 0 Å². The molecule has 0 bridgehead atoms. The van der Waals surface area contributed by atoms with Crippen LogP contribution in [0, 0.1) is 0 Å². The molecule has 0 amide bonds. The van der Waals surface area contributed by atoms with E-state index in [9.17, 15) is 0 Å². The van der Waals surface area contributed by atoms with Crippen molar-refractivity contribution < 1.29 is 0 Å². The van der Waals surface area contributed by atoms with Crippen LogP contribution in [0.3, 0.4) is 0 Å². The van der Waals surface area contributed by atoms with E-state index >= 15 is 0 Å². The van der Waals surface area contributed by atoms with Gasteiger partial charge in [0.1, 0.15) is 0 Å². The Morgan fingerprint density at radius 1 is 1.04 bits per heavy atom. The lowest BCUT2D eigenvalue weighted by molar-refractivity contribution is 0.369. The van der Waals surface area contributed by atoms with Crippen molar-refractivity contribution >= 4 is 0 Å². The summed E-state index contributed by atoms with van der Waals surface area (Å²) in [5.41, 5.74) is 11.1. The first-order valence-corrected chi connectivity index (χ1v) is 10.4. The maximum absolute atomic E-state index is 2.46. The summed E-state index contributed by atoms with van der Waals surface area (Å²) in [5.74, 6) is 0.589. The van der Waals surface area contributed by atoms with Gasteiger partial charge in [-0.2, -0.15) is 0 Å². The topological polar surface area (TPSA) is 3.24 Å². The molecule has 0 saturated heterocycles. The number of hydrogen-bond donors (Lipinski definition) is 0. The minimum Gasteiger partial charge on any atom is -0.309 e. The lowest BCUT2D eigenvalue weighted by Crippen LogP contribution is -2.32. The van der Waals surface area contributed by atoms with Gasteiger partial charge in [0.25, 0.3) is 0 Å². The highest BCUT2D eigenvalue weighted by atomic mass is 15.1. The predicted molar refractivity (Wildman–Crippen MR) is 114 cm³/mol. The van der Waals surface area contributed by atoms with Gasteiger partial charge in [0.2, 0.25) is 0 Å². The monoisotopic (exact) mass is 355 g/mol. The fourth-order valence-corrected chi connectivity index (χ4v) is 5.65. The average Bonchev–Trinajstić information content (AvgIpc) is 2.60. The zero-order valence-corrected chi connectivity index (χ0v) is 16.8. The minimum absolute atomic E-state index is 0.200. The third-order valence-electron chi connectivity index (χ3n) is 7.04. The third kappa shape index (κ3) is 2.56. The third-order valence-corrected chi connectivity index (χ3v) is 7.04. The molecule has 2 aromatic carbocycles. The molecule has 0 aliphatic heterocycles. The molecule has 2 atom stereocenters. The molecule has 0 saturated carbocycles. The molecule has 0 radical (unpaired) electrons. The molecule has 138 valence electrons. The molecular formula is C26H29N. The predicted octanol–water partition coefficient (Wildman–Crippen LogP) is 5.65. The number of fused-ring (bicyclic) bond motifs is 5. The largest absolute Gasteiger partial charge is 0.309 e. The van der Waals surface area contributed by atoms with Gasteiger partial charge >= 0.3 is 0 Å². The van der Waals surface area contributed by atoms with Gasteiger partial charge in [0, 0.05) is 17.9 Å². The molecule has 27 heavy (non-hydrogen) atoms. The second-order valence-corrected chi connectivity index (χ2v) is 9.04. The van der Waals surface area contributed by atoms with Crippen LogP contribution in [-0.2, 0) is 18.3 Å². The van der Waals surface area contributed by atoms with Crippen LogP contribution in [0.25, 0.3) is 11.1 Å². The Balaban J connectivity index is 1.68. The highest BCUT2D eigenvalue weighted by Crippen LogP contribution is 2.49. The zero-order valence-electron chi connectivity index (χ0n) is 16.8. The molecule has 0 spiro atoms. The van der Waals surface area contributed by atoms with Gasteiger partial charge in [0.05, 0.1) is 0 Å². The van der Waals surface area contributed by atoms with Crippen LogP contribution in [0.1, 0.15) is 47.9 Å². The normalized spacial score (nSPS) is 25.3. The van der Waals surface area contributed by atoms with Crippen molar-refractivity contribution in [3.05, 3.63) is 82.5 Å². The Morgan fingerprint density at radius 2 is 1.85 bits per heavy atom. The first-order chi connectivity index (χ1) is 13.1. The zero-order chi connectivity index (χ0) is 18.6. The molecular weight excluding hydrogens is 326 g/mol. The van der Waals surface area contributed by atoms with E-state index in [-0.39, 0.29) is 5.41 Å². The lowest BCUT2D eigenvalue weighted by atomic mass is 9.63. The van der Waals surface area contributed by atoms with E-state index in [2.05, 4.69) is 80.5 Å². The number of hydrogen-bond acceptors (Lipinski definition) is 1. The van der Waals surface area contributed by atoms with Gasteiger partial charge in [-0.1, -0.05) is 61.5 Å². The van der Waals surface area contributed by atoms with Gasteiger partial charge in [-0.05, 0) is 78.7 Å². The number of rotatable bonds is 3. The molecule has 3 aliphatic carbocycles. The van der Waals surface area contributed by atoms with E-state index in [0.717, 1.165) is 6.54 Å². The van der Waals surface area contributed by atoms with Crippen molar-refractivity contribution in [3.63, 3.8) is 0 Å². The maximum Gasteiger partial charge on any atom is 0.0177 e. The summed E-state index contributed by atoms with van der Waals surface area (Å²) in [4.78, 5) is 2.34. The van der Waals surface area contributed by atoms with E-state index in [1.54, 1.807) is 16.7 Å².